The third kappa shape index (κ3) is 4.76. The van der Waals surface area contributed by atoms with Crippen LogP contribution in [-0.4, -0.2) is 55.8 Å². The molecule has 1 aromatic rings. The maximum absolute atomic E-state index is 12.8. The van der Waals surface area contributed by atoms with Crippen molar-refractivity contribution in [2.75, 3.05) is 26.2 Å². The number of nitrogens with zero attached hydrogens (tertiary/aromatic N) is 2. The standard InChI is InChI=1S/C18H27N3O3S.ClH/c19-16-7-4-6-15(14-16)18(22)20-10-5-11-21(13-12-20)25(23,24)17-8-2-1-3-9-17;/h1-3,8-9,15-16H,4-7,10-14,19H2;1H. The fourth-order valence-electron chi connectivity index (χ4n) is 3.81. The van der Waals surface area contributed by atoms with Crippen LogP contribution in [0.2, 0.25) is 0 Å². The number of benzene rings is 1. The van der Waals surface area contributed by atoms with Crippen LogP contribution in [0.1, 0.15) is 32.1 Å². The first-order valence-corrected chi connectivity index (χ1v) is 10.5. The number of nitrogens with two attached hydrogens (primary N) is 1. The Morgan fingerprint density at radius 1 is 1.00 bits per heavy atom. The fourth-order valence-corrected chi connectivity index (χ4v) is 5.30. The van der Waals surface area contributed by atoms with Gasteiger partial charge in [-0.25, -0.2) is 8.42 Å². The SMILES string of the molecule is Cl.NC1CCCC(C(=O)N2CCCN(S(=O)(=O)c3ccccc3)CC2)C1. The smallest absolute Gasteiger partial charge is 0.243 e. The van der Waals surface area contributed by atoms with E-state index in [1.54, 1.807) is 30.3 Å². The first-order chi connectivity index (χ1) is 12.0. The first-order valence-electron chi connectivity index (χ1n) is 9.08. The Labute approximate surface area is 162 Å². The third-order valence-corrected chi connectivity index (χ3v) is 7.12. The van der Waals surface area contributed by atoms with Crippen molar-refractivity contribution in [2.45, 2.75) is 43.0 Å². The monoisotopic (exact) mass is 401 g/mol. The highest BCUT2D eigenvalue weighted by molar-refractivity contribution is 7.89. The van der Waals surface area contributed by atoms with Crippen LogP contribution in [0.25, 0.3) is 0 Å². The second-order valence-corrected chi connectivity index (χ2v) is 8.96. The number of amides is 1. The normalized spacial score (nSPS) is 25.2. The van der Waals surface area contributed by atoms with Gasteiger partial charge in [-0.15, -0.1) is 12.4 Å². The van der Waals surface area contributed by atoms with Gasteiger partial charge < -0.3 is 10.6 Å². The molecule has 2 fully saturated rings. The molecule has 6 nitrogen and oxygen atoms in total. The lowest BCUT2D eigenvalue weighted by atomic mass is 9.85. The molecular formula is C18H28ClN3O3S. The number of halogens is 1. The van der Waals surface area contributed by atoms with E-state index in [1.807, 2.05) is 4.90 Å². The lowest BCUT2D eigenvalue weighted by Gasteiger charge is -2.30. The van der Waals surface area contributed by atoms with Crippen LogP contribution >= 0.6 is 12.4 Å². The van der Waals surface area contributed by atoms with Gasteiger partial charge in [0.25, 0.3) is 0 Å². The Balaban J connectivity index is 0.00000243. The molecule has 0 bridgehead atoms. The van der Waals surface area contributed by atoms with Crippen LogP contribution in [0.4, 0.5) is 0 Å². The van der Waals surface area contributed by atoms with Crippen molar-refractivity contribution >= 4 is 28.3 Å². The van der Waals surface area contributed by atoms with E-state index in [0.717, 1.165) is 25.7 Å². The molecule has 1 amide bonds. The van der Waals surface area contributed by atoms with E-state index < -0.39 is 10.0 Å². The van der Waals surface area contributed by atoms with E-state index in [-0.39, 0.29) is 30.3 Å². The quantitative estimate of drug-likeness (QED) is 0.837. The molecule has 1 aliphatic heterocycles. The summed E-state index contributed by atoms with van der Waals surface area (Å²) < 4.78 is 27.0. The molecule has 0 spiro atoms. The van der Waals surface area contributed by atoms with E-state index in [9.17, 15) is 13.2 Å². The zero-order chi connectivity index (χ0) is 17.9. The van der Waals surface area contributed by atoms with Crippen molar-refractivity contribution in [3.8, 4) is 0 Å². The first kappa shape index (κ1) is 21.2. The lowest BCUT2D eigenvalue weighted by molar-refractivity contribution is -0.136. The molecule has 8 heteroatoms. The molecular weight excluding hydrogens is 374 g/mol. The Kier molecular flexibility index (Phi) is 7.46. The molecule has 1 saturated carbocycles. The Morgan fingerprint density at radius 3 is 2.42 bits per heavy atom. The summed E-state index contributed by atoms with van der Waals surface area (Å²) in [5.74, 6) is 0.148. The molecule has 2 N–H and O–H groups in total. The van der Waals surface area contributed by atoms with Gasteiger partial charge in [0.1, 0.15) is 0 Å². The predicted octanol–water partition coefficient (Wildman–Crippen LogP) is 1.85. The van der Waals surface area contributed by atoms with Crippen LogP contribution in [-0.2, 0) is 14.8 Å². The summed E-state index contributed by atoms with van der Waals surface area (Å²) in [6, 6.07) is 8.61. The molecule has 2 aliphatic rings. The molecule has 3 rings (SSSR count). The Hall–Kier alpha value is -1.15. The van der Waals surface area contributed by atoms with Crippen molar-refractivity contribution in [3.05, 3.63) is 30.3 Å². The number of rotatable bonds is 3. The maximum Gasteiger partial charge on any atom is 0.243 e. The van der Waals surface area contributed by atoms with Crippen molar-refractivity contribution in [1.82, 2.24) is 9.21 Å². The molecule has 2 unspecified atom stereocenters. The zero-order valence-corrected chi connectivity index (χ0v) is 16.6. The highest BCUT2D eigenvalue weighted by Crippen LogP contribution is 2.26. The second kappa shape index (κ2) is 9.17. The second-order valence-electron chi connectivity index (χ2n) is 7.02. The molecule has 1 heterocycles. The van der Waals surface area contributed by atoms with Gasteiger partial charge in [-0.05, 0) is 37.8 Å². The minimum Gasteiger partial charge on any atom is -0.341 e. The summed E-state index contributed by atoms with van der Waals surface area (Å²) in [6.07, 6.45) is 4.31. The van der Waals surface area contributed by atoms with Gasteiger partial charge in [-0.1, -0.05) is 24.6 Å². The number of hydrogen-bond acceptors (Lipinski definition) is 4. The lowest BCUT2D eigenvalue weighted by Crippen LogP contribution is -2.42. The molecule has 1 aromatic carbocycles. The average Bonchev–Trinajstić information content (AvgIpc) is 2.88. The van der Waals surface area contributed by atoms with E-state index in [2.05, 4.69) is 0 Å². The average molecular weight is 402 g/mol. The van der Waals surface area contributed by atoms with Gasteiger partial charge in [0, 0.05) is 38.1 Å². The van der Waals surface area contributed by atoms with Gasteiger partial charge >= 0.3 is 0 Å². The number of sulfonamides is 1. The summed E-state index contributed by atoms with van der Waals surface area (Å²) in [7, 11) is -3.49. The molecule has 2 atom stereocenters. The van der Waals surface area contributed by atoms with E-state index in [4.69, 9.17) is 5.73 Å². The summed E-state index contributed by atoms with van der Waals surface area (Å²) >= 11 is 0. The van der Waals surface area contributed by atoms with Crippen molar-refractivity contribution in [3.63, 3.8) is 0 Å². The fraction of sp³-hybridized carbons (Fsp3) is 0.611. The van der Waals surface area contributed by atoms with E-state index in [1.165, 1.54) is 4.31 Å². The molecule has 0 radical (unpaired) electrons. The Morgan fingerprint density at radius 2 is 1.73 bits per heavy atom. The zero-order valence-electron chi connectivity index (χ0n) is 14.9. The largest absolute Gasteiger partial charge is 0.341 e. The van der Waals surface area contributed by atoms with Crippen LogP contribution in [0.15, 0.2) is 35.2 Å². The number of carbonyl (C=O) groups excluding carboxylic acids is 1. The summed E-state index contributed by atoms with van der Waals surface area (Å²) in [5, 5.41) is 0. The van der Waals surface area contributed by atoms with Crippen LogP contribution in [0.5, 0.6) is 0 Å². The van der Waals surface area contributed by atoms with Gasteiger partial charge in [-0.2, -0.15) is 4.31 Å². The van der Waals surface area contributed by atoms with Crippen LogP contribution in [0.3, 0.4) is 0 Å². The van der Waals surface area contributed by atoms with Crippen molar-refractivity contribution in [2.24, 2.45) is 11.7 Å². The highest BCUT2D eigenvalue weighted by atomic mass is 35.5. The molecule has 0 aromatic heterocycles. The van der Waals surface area contributed by atoms with Crippen molar-refractivity contribution < 1.29 is 13.2 Å². The Bertz CT molecular complexity index is 699. The maximum atomic E-state index is 12.8. The van der Waals surface area contributed by atoms with Gasteiger partial charge in [-0.3, -0.25) is 4.79 Å². The van der Waals surface area contributed by atoms with Crippen molar-refractivity contribution in [1.29, 1.82) is 0 Å². The molecule has 1 saturated heterocycles. The minimum atomic E-state index is -3.49. The summed E-state index contributed by atoms with van der Waals surface area (Å²) in [6.45, 7) is 1.87. The van der Waals surface area contributed by atoms with E-state index in [0.29, 0.717) is 37.5 Å². The summed E-state index contributed by atoms with van der Waals surface area (Å²) in [4.78, 5) is 14.9. The molecule has 26 heavy (non-hydrogen) atoms. The van der Waals surface area contributed by atoms with E-state index >= 15 is 0 Å². The minimum absolute atomic E-state index is 0. The van der Waals surface area contributed by atoms with Gasteiger partial charge in [0.15, 0.2) is 0 Å². The topological polar surface area (TPSA) is 83.7 Å². The predicted molar refractivity (Wildman–Crippen MR) is 104 cm³/mol. The summed E-state index contributed by atoms with van der Waals surface area (Å²) in [5.41, 5.74) is 6.01. The number of carbonyl (C=O) groups is 1. The van der Waals surface area contributed by atoms with Crippen LogP contribution in [0, 0.1) is 5.92 Å². The van der Waals surface area contributed by atoms with Gasteiger partial charge in [0.05, 0.1) is 4.90 Å². The van der Waals surface area contributed by atoms with Crippen LogP contribution < -0.4 is 5.73 Å². The third-order valence-electron chi connectivity index (χ3n) is 5.21. The number of hydrogen-bond donors (Lipinski definition) is 1. The highest BCUT2D eigenvalue weighted by Gasteiger charge is 2.32. The van der Waals surface area contributed by atoms with Gasteiger partial charge in [0.2, 0.25) is 15.9 Å². The molecule has 1 aliphatic carbocycles. The molecule has 146 valence electrons.